The number of carbonyl (C=O) groups excluding carboxylic acids is 2. The molecule has 2 aromatic rings. The van der Waals surface area contributed by atoms with E-state index in [1.165, 1.54) is 9.96 Å². The Balaban J connectivity index is 1.50. The van der Waals surface area contributed by atoms with Gasteiger partial charge in [0.25, 0.3) is 5.91 Å². The van der Waals surface area contributed by atoms with Gasteiger partial charge in [0.05, 0.1) is 18.4 Å². The Morgan fingerprint density at radius 2 is 2.00 bits per heavy atom. The van der Waals surface area contributed by atoms with Gasteiger partial charge >= 0.3 is 6.03 Å². The molecule has 0 N–H and O–H groups in total. The Bertz CT molecular complexity index is 1000. The normalized spacial score (nSPS) is 23.2. The predicted molar refractivity (Wildman–Crippen MR) is 100 cm³/mol. The Hall–Kier alpha value is -3.40. The summed E-state index contributed by atoms with van der Waals surface area (Å²) in [6, 6.07) is 8.53. The summed E-state index contributed by atoms with van der Waals surface area (Å²) in [5.41, 5.74) is 2.64. The molecule has 150 valence electrons. The quantitative estimate of drug-likeness (QED) is 0.774. The number of benzene rings is 1. The molecule has 3 aliphatic rings. The third-order valence-electron chi connectivity index (χ3n) is 5.55. The molecule has 2 bridgehead atoms. The molecular weight excluding hydrogens is 376 g/mol. The molecule has 2 atom stereocenters. The lowest BCUT2D eigenvalue weighted by molar-refractivity contribution is -0.141. The van der Waals surface area contributed by atoms with Gasteiger partial charge < -0.3 is 9.74 Å². The first kappa shape index (κ1) is 17.7. The van der Waals surface area contributed by atoms with Gasteiger partial charge in [-0.05, 0) is 5.56 Å². The average Bonchev–Trinajstić information content (AvgIpc) is 3.24. The molecule has 0 radical (unpaired) electrons. The third-order valence-corrected chi connectivity index (χ3v) is 5.55. The van der Waals surface area contributed by atoms with E-state index in [9.17, 15) is 9.59 Å². The molecule has 10 nitrogen and oxygen atoms in total. The van der Waals surface area contributed by atoms with Gasteiger partial charge in [-0.3, -0.25) is 19.2 Å². The van der Waals surface area contributed by atoms with Crippen molar-refractivity contribution in [1.29, 1.82) is 0 Å². The number of aromatic nitrogens is 2. The second-order valence-electron chi connectivity index (χ2n) is 7.22. The molecule has 1 saturated heterocycles. The molecule has 1 fully saturated rings. The molecule has 10 heteroatoms. The fourth-order valence-corrected chi connectivity index (χ4v) is 4.04. The number of rotatable bonds is 4. The maximum absolute atomic E-state index is 13.2. The number of aryl methyl sites for hydroxylation is 1. The van der Waals surface area contributed by atoms with Crippen LogP contribution in [-0.4, -0.2) is 62.6 Å². The number of amides is 3. The van der Waals surface area contributed by atoms with Crippen LogP contribution in [0.2, 0.25) is 0 Å². The lowest BCUT2D eigenvalue weighted by Crippen LogP contribution is -2.49. The van der Waals surface area contributed by atoms with Crippen LogP contribution in [0.1, 0.15) is 28.9 Å². The van der Waals surface area contributed by atoms with Crippen LogP contribution in [0.4, 0.5) is 4.79 Å². The monoisotopic (exact) mass is 396 g/mol. The number of nitrogens with zero attached hydrogens (tertiary/aromatic N) is 6. The number of urea groups is 1. The molecule has 0 spiro atoms. The average molecular weight is 396 g/mol. The SMILES string of the molecule is CN1C(=O)CON=C1[C@@H]1c2c(cnn2C)[C@@H]2CN1C(=O)N2OCc1ccccc1. The van der Waals surface area contributed by atoms with E-state index in [0.29, 0.717) is 12.4 Å². The molecule has 0 unspecified atom stereocenters. The van der Waals surface area contributed by atoms with Crippen molar-refractivity contribution in [2.24, 2.45) is 12.2 Å². The van der Waals surface area contributed by atoms with E-state index in [1.807, 2.05) is 37.4 Å². The van der Waals surface area contributed by atoms with Crippen molar-refractivity contribution in [3.05, 3.63) is 53.3 Å². The summed E-state index contributed by atoms with van der Waals surface area (Å²) in [6.45, 7) is 0.575. The highest BCUT2D eigenvalue weighted by Gasteiger charge is 2.53. The van der Waals surface area contributed by atoms with Crippen LogP contribution in [0.3, 0.4) is 0 Å². The number of likely N-dealkylation sites (N-methyl/N-ethyl adjacent to an activating group) is 1. The Labute approximate surface area is 166 Å². The van der Waals surface area contributed by atoms with Crippen LogP contribution in [0.5, 0.6) is 0 Å². The van der Waals surface area contributed by atoms with E-state index >= 15 is 0 Å². The van der Waals surface area contributed by atoms with E-state index in [1.54, 1.807) is 22.8 Å². The molecule has 4 heterocycles. The van der Waals surface area contributed by atoms with Crippen molar-refractivity contribution in [1.82, 2.24) is 24.6 Å². The summed E-state index contributed by atoms with van der Waals surface area (Å²) in [6.07, 6.45) is 1.74. The van der Waals surface area contributed by atoms with Crippen LogP contribution in [0, 0.1) is 0 Å². The number of amidine groups is 1. The first-order chi connectivity index (χ1) is 14.1. The summed E-state index contributed by atoms with van der Waals surface area (Å²) < 4.78 is 1.71. The van der Waals surface area contributed by atoms with E-state index in [2.05, 4.69) is 10.3 Å². The Morgan fingerprint density at radius 1 is 1.21 bits per heavy atom. The van der Waals surface area contributed by atoms with Gasteiger partial charge in [0.15, 0.2) is 12.4 Å². The van der Waals surface area contributed by atoms with Crippen LogP contribution in [0.25, 0.3) is 0 Å². The predicted octanol–water partition coefficient (Wildman–Crippen LogP) is 1.19. The van der Waals surface area contributed by atoms with Gasteiger partial charge in [0, 0.05) is 19.7 Å². The third kappa shape index (κ3) is 2.67. The fraction of sp³-hybridized carbons (Fsp3) is 0.368. The first-order valence-corrected chi connectivity index (χ1v) is 9.31. The summed E-state index contributed by atoms with van der Waals surface area (Å²) in [4.78, 5) is 39.5. The maximum Gasteiger partial charge on any atom is 0.345 e. The van der Waals surface area contributed by atoms with Gasteiger partial charge in [0.1, 0.15) is 18.7 Å². The minimum Gasteiger partial charge on any atom is -0.384 e. The molecule has 0 saturated carbocycles. The number of hydroxylamine groups is 2. The van der Waals surface area contributed by atoms with E-state index < -0.39 is 6.04 Å². The molecule has 3 aliphatic heterocycles. The summed E-state index contributed by atoms with van der Waals surface area (Å²) >= 11 is 0. The van der Waals surface area contributed by atoms with Crippen LogP contribution in [0.15, 0.2) is 41.7 Å². The number of fused-ring (bicyclic) bond motifs is 4. The summed E-state index contributed by atoms with van der Waals surface area (Å²) in [5.74, 6) is 0.146. The zero-order valence-electron chi connectivity index (χ0n) is 16.1. The highest BCUT2D eigenvalue weighted by atomic mass is 16.7. The minimum atomic E-state index is -0.583. The number of hydrogen-bond donors (Lipinski definition) is 0. The Morgan fingerprint density at radius 3 is 2.79 bits per heavy atom. The van der Waals surface area contributed by atoms with Gasteiger partial charge in [-0.25, -0.2) is 4.79 Å². The second-order valence-corrected chi connectivity index (χ2v) is 7.22. The lowest BCUT2D eigenvalue weighted by Gasteiger charge is -2.35. The summed E-state index contributed by atoms with van der Waals surface area (Å²) in [5, 5.41) is 9.88. The molecule has 29 heavy (non-hydrogen) atoms. The summed E-state index contributed by atoms with van der Waals surface area (Å²) in [7, 11) is 3.44. The highest BCUT2D eigenvalue weighted by Crippen LogP contribution is 2.45. The molecule has 1 aromatic carbocycles. The topological polar surface area (TPSA) is 92.5 Å². The van der Waals surface area contributed by atoms with Crippen molar-refractivity contribution >= 4 is 17.8 Å². The van der Waals surface area contributed by atoms with E-state index in [-0.39, 0.29) is 31.2 Å². The van der Waals surface area contributed by atoms with Gasteiger partial charge in [-0.1, -0.05) is 35.5 Å². The van der Waals surface area contributed by atoms with Crippen LogP contribution in [-0.2, 0) is 28.1 Å². The highest BCUT2D eigenvalue weighted by molar-refractivity contribution is 6.04. The van der Waals surface area contributed by atoms with Gasteiger partial charge in [-0.15, -0.1) is 0 Å². The van der Waals surface area contributed by atoms with Crippen LogP contribution >= 0.6 is 0 Å². The number of carbonyl (C=O) groups is 2. The fourth-order valence-electron chi connectivity index (χ4n) is 4.04. The van der Waals surface area contributed by atoms with Crippen molar-refractivity contribution in [2.75, 3.05) is 20.2 Å². The number of hydrogen-bond acceptors (Lipinski definition) is 6. The smallest absolute Gasteiger partial charge is 0.345 e. The lowest BCUT2D eigenvalue weighted by atomic mass is 9.96. The maximum atomic E-state index is 13.2. The zero-order valence-corrected chi connectivity index (χ0v) is 16.1. The van der Waals surface area contributed by atoms with E-state index in [0.717, 1.165) is 16.8 Å². The van der Waals surface area contributed by atoms with Gasteiger partial charge in [-0.2, -0.15) is 10.2 Å². The standard InChI is InChI=1S/C19H20N6O4/c1-22-15(26)11-28-21-18(22)17-16-13(8-20-23(16)2)14-9-24(17)19(27)25(14)29-10-12-6-4-3-5-7-12/h3-8,14,17H,9-11H2,1-2H3/t14-,17-/m0/s1. The van der Waals surface area contributed by atoms with Crippen molar-refractivity contribution in [3.8, 4) is 0 Å². The van der Waals surface area contributed by atoms with Gasteiger partial charge in [0.2, 0.25) is 0 Å². The van der Waals surface area contributed by atoms with E-state index in [4.69, 9.17) is 9.68 Å². The van der Waals surface area contributed by atoms with Crippen molar-refractivity contribution < 1.29 is 19.3 Å². The van der Waals surface area contributed by atoms with Crippen molar-refractivity contribution in [2.45, 2.75) is 18.7 Å². The largest absolute Gasteiger partial charge is 0.384 e. The minimum absolute atomic E-state index is 0.117. The molecule has 0 aliphatic carbocycles. The zero-order chi connectivity index (χ0) is 20.1. The van der Waals surface area contributed by atoms with Crippen LogP contribution < -0.4 is 0 Å². The second kappa shape index (κ2) is 6.59. The first-order valence-electron chi connectivity index (χ1n) is 9.31. The molecule has 3 amide bonds. The Kier molecular flexibility index (Phi) is 4.02. The molecule has 1 aromatic heterocycles. The number of oxime groups is 1. The van der Waals surface area contributed by atoms with Crippen molar-refractivity contribution in [3.63, 3.8) is 0 Å². The molecule has 5 rings (SSSR count). The molecular formula is C19H20N6O4.